The molecule has 0 radical (unpaired) electrons. The minimum Gasteiger partial charge on any atom is -0.398 e. The van der Waals surface area contributed by atoms with Crippen LogP contribution >= 0.6 is 12.6 Å². The number of benzene rings is 1. The Balaban J connectivity index is 2.94. The van der Waals surface area contributed by atoms with Crippen molar-refractivity contribution in [3.05, 3.63) is 35.4 Å². The van der Waals surface area contributed by atoms with Crippen LogP contribution in [0.15, 0.2) is 24.3 Å². The van der Waals surface area contributed by atoms with Crippen LogP contribution in [0.1, 0.15) is 11.1 Å². The first-order valence-corrected chi connectivity index (χ1v) is 4.51. The fourth-order valence-electron chi connectivity index (χ4n) is 1.03. The largest absolute Gasteiger partial charge is 0.398 e. The third-order valence-corrected chi connectivity index (χ3v) is 1.86. The maximum Gasteiger partial charge on any atom is 0.0390 e. The van der Waals surface area contributed by atoms with Crippen LogP contribution in [-0.4, -0.2) is 5.75 Å². The van der Waals surface area contributed by atoms with Crippen molar-refractivity contribution in [3.63, 3.8) is 0 Å². The van der Waals surface area contributed by atoms with E-state index in [0.717, 1.165) is 17.0 Å². The molecule has 0 heterocycles. The lowest BCUT2D eigenvalue weighted by Crippen LogP contribution is -1.89. The van der Waals surface area contributed by atoms with E-state index < -0.39 is 0 Å². The van der Waals surface area contributed by atoms with Crippen LogP contribution in [0.3, 0.4) is 0 Å². The number of anilines is 1. The molecule has 0 bridgehead atoms. The highest BCUT2D eigenvalue weighted by Crippen LogP contribution is 2.15. The van der Waals surface area contributed by atoms with Gasteiger partial charge < -0.3 is 5.73 Å². The van der Waals surface area contributed by atoms with Crippen molar-refractivity contribution in [2.45, 2.75) is 6.92 Å². The molecule has 0 aromatic heterocycles. The van der Waals surface area contributed by atoms with Crippen LogP contribution < -0.4 is 5.73 Å². The standard InChI is InChI=1S/C10H13NS/c1-8-4-5-9(3-2-6-12)10(11)7-8/h2-5,7,12H,6,11H2,1H3. The average molecular weight is 179 g/mol. The van der Waals surface area contributed by atoms with E-state index in [4.69, 9.17) is 5.73 Å². The molecule has 1 nitrogen and oxygen atoms in total. The second-order valence-corrected chi connectivity index (χ2v) is 3.08. The zero-order chi connectivity index (χ0) is 8.97. The monoisotopic (exact) mass is 179 g/mol. The molecule has 0 aliphatic heterocycles. The van der Waals surface area contributed by atoms with Gasteiger partial charge in [-0.3, -0.25) is 0 Å². The summed E-state index contributed by atoms with van der Waals surface area (Å²) in [4.78, 5) is 0. The Morgan fingerprint density at radius 2 is 2.25 bits per heavy atom. The van der Waals surface area contributed by atoms with Crippen molar-refractivity contribution in [1.29, 1.82) is 0 Å². The Bertz CT molecular complexity index is 292. The van der Waals surface area contributed by atoms with Gasteiger partial charge in [0.1, 0.15) is 0 Å². The highest BCUT2D eigenvalue weighted by atomic mass is 32.1. The zero-order valence-corrected chi connectivity index (χ0v) is 8.01. The molecule has 12 heavy (non-hydrogen) atoms. The van der Waals surface area contributed by atoms with Crippen LogP contribution in [0.5, 0.6) is 0 Å². The van der Waals surface area contributed by atoms with Crippen LogP contribution in [0.2, 0.25) is 0 Å². The molecular weight excluding hydrogens is 166 g/mol. The van der Waals surface area contributed by atoms with Gasteiger partial charge in [-0.05, 0) is 24.1 Å². The lowest BCUT2D eigenvalue weighted by molar-refractivity contribution is 1.46. The topological polar surface area (TPSA) is 26.0 Å². The van der Waals surface area contributed by atoms with Crippen molar-refractivity contribution < 1.29 is 0 Å². The zero-order valence-electron chi connectivity index (χ0n) is 7.12. The van der Waals surface area contributed by atoms with E-state index in [-0.39, 0.29) is 0 Å². The molecule has 2 heteroatoms. The summed E-state index contributed by atoms with van der Waals surface area (Å²) in [5, 5.41) is 0. The van der Waals surface area contributed by atoms with E-state index in [1.807, 2.05) is 31.2 Å². The van der Waals surface area contributed by atoms with Crippen molar-refractivity contribution in [2.75, 3.05) is 11.5 Å². The Labute approximate surface area is 78.7 Å². The lowest BCUT2D eigenvalue weighted by atomic mass is 10.1. The normalized spacial score (nSPS) is 10.8. The SMILES string of the molecule is Cc1ccc(C=CCS)c(N)c1. The van der Waals surface area contributed by atoms with E-state index in [1.54, 1.807) is 0 Å². The minimum atomic E-state index is 0.743. The first kappa shape index (κ1) is 9.20. The number of hydrogen-bond acceptors (Lipinski definition) is 2. The Morgan fingerprint density at radius 3 is 2.83 bits per heavy atom. The number of nitrogens with two attached hydrogens (primary N) is 1. The molecule has 0 spiro atoms. The summed E-state index contributed by atoms with van der Waals surface area (Å²) in [6.45, 7) is 2.03. The first-order valence-electron chi connectivity index (χ1n) is 3.87. The maximum atomic E-state index is 5.79. The molecule has 0 amide bonds. The third kappa shape index (κ3) is 2.31. The van der Waals surface area contributed by atoms with Gasteiger partial charge in [-0.1, -0.05) is 24.3 Å². The Hall–Kier alpha value is -0.890. The summed E-state index contributed by atoms with van der Waals surface area (Å²) < 4.78 is 0. The van der Waals surface area contributed by atoms with E-state index in [9.17, 15) is 0 Å². The van der Waals surface area contributed by atoms with Gasteiger partial charge in [0.15, 0.2) is 0 Å². The number of hydrogen-bond donors (Lipinski definition) is 2. The molecule has 0 unspecified atom stereocenters. The van der Waals surface area contributed by atoms with Crippen molar-refractivity contribution in [3.8, 4) is 0 Å². The van der Waals surface area contributed by atoms with Crippen LogP contribution in [0, 0.1) is 6.92 Å². The molecule has 0 saturated heterocycles. The summed E-state index contributed by atoms with van der Waals surface area (Å²) in [5.41, 5.74) is 8.87. The van der Waals surface area contributed by atoms with Gasteiger partial charge in [0.05, 0.1) is 0 Å². The van der Waals surface area contributed by atoms with Gasteiger partial charge in [-0.25, -0.2) is 0 Å². The summed E-state index contributed by atoms with van der Waals surface area (Å²) >= 11 is 4.08. The number of nitrogen functional groups attached to an aromatic ring is 1. The minimum absolute atomic E-state index is 0.743. The number of aryl methyl sites for hydroxylation is 1. The van der Waals surface area contributed by atoms with Crippen molar-refractivity contribution in [1.82, 2.24) is 0 Å². The molecule has 1 aromatic rings. The molecule has 64 valence electrons. The van der Waals surface area contributed by atoms with Crippen molar-refractivity contribution in [2.24, 2.45) is 0 Å². The van der Waals surface area contributed by atoms with E-state index in [1.165, 1.54) is 5.56 Å². The van der Waals surface area contributed by atoms with E-state index in [0.29, 0.717) is 0 Å². The molecular formula is C10H13NS. The van der Waals surface area contributed by atoms with E-state index >= 15 is 0 Å². The summed E-state index contributed by atoms with van der Waals surface area (Å²) in [7, 11) is 0. The quantitative estimate of drug-likeness (QED) is 0.529. The van der Waals surface area contributed by atoms with Gasteiger partial charge >= 0.3 is 0 Å². The predicted molar refractivity (Wildman–Crippen MR) is 58.5 cm³/mol. The molecule has 0 fully saturated rings. The fourth-order valence-corrected chi connectivity index (χ4v) is 1.13. The van der Waals surface area contributed by atoms with Gasteiger partial charge in [0.25, 0.3) is 0 Å². The number of rotatable bonds is 2. The van der Waals surface area contributed by atoms with Gasteiger partial charge in [0, 0.05) is 11.4 Å². The molecule has 0 saturated carbocycles. The molecule has 0 aliphatic rings. The predicted octanol–water partition coefficient (Wildman–Crippen LogP) is 2.52. The summed E-state index contributed by atoms with van der Waals surface area (Å²) in [6.07, 6.45) is 3.96. The highest BCUT2D eigenvalue weighted by Gasteiger charge is 1.93. The molecule has 0 atom stereocenters. The number of thiol groups is 1. The summed E-state index contributed by atoms with van der Waals surface area (Å²) in [5.74, 6) is 0.743. The van der Waals surface area contributed by atoms with Crippen LogP contribution in [-0.2, 0) is 0 Å². The average Bonchev–Trinajstić information content (AvgIpc) is 2.03. The molecule has 1 rings (SSSR count). The molecule has 0 aliphatic carbocycles. The molecule has 1 aromatic carbocycles. The maximum absolute atomic E-state index is 5.79. The highest BCUT2D eigenvalue weighted by molar-refractivity contribution is 7.80. The smallest absolute Gasteiger partial charge is 0.0390 e. The van der Waals surface area contributed by atoms with Crippen molar-refractivity contribution >= 4 is 24.4 Å². The van der Waals surface area contributed by atoms with Gasteiger partial charge in [-0.2, -0.15) is 12.6 Å². The Morgan fingerprint density at radius 1 is 1.50 bits per heavy atom. The lowest BCUT2D eigenvalue weighted by Gasteiger charge is -2.00. The van der Waals surface area contributed by atoms with E-state index in [2.05, 4.69) is 18.7 Å². The molecule has 2 N–H and O–H groups in total. The van der Waals surface area contributed by atoms with Crippen LogP contribution in [0.4, 0.5) is 5.69 Å². The van der Waals surface area contributed by atoms with Gasteiger partial charge in [-0.15, -0.1) is 0 Å². The second kappa shape index (κ2) is 4.21. The third-order valence-electron chi connectivity index (χ3n) is 1.65. The van der Waals surface area contributed by atoms with Crippen LogP contribution in [0.25, 0.3) is 6.08 Å². The first-order chi connectivity index (χ1) is 5.74. The second-order valence-electron chi connectivity index (χ2n) is 2.72. The Kier molecular flexibility index (Phi) is 3.23. The summed E-state index contributed by atoms with van der Waals surface area (Å²) in [6, 6.07) is 6.04. The fraction of sp³-hybridized carbons (Fsp3) is 0.200. The van der Waals surface area contributed by atoms with Gasteiger partial charge in [0.2, 0.25) is 0 Å².